The number of carbonyl (C=O) groups is 1. The molecular weight excluding hydrogens is 559 g/mol. The second kappa shape index (κ2) is 12.5. The molecule has 202 valence electrons. The first-order valence-electron chi connectivity index (χ1n) is 12.0. The Balaban J connectivity index is 1.59. The smallest absolute Gasteiger partial charge is 0.255 e. The summed E-state index contributed by atoms with van der Waals surface area (Å²) in [6.07, 6.45) is 0. The molecule has 4 rings (SSSR count). The number of anilines is 1. The second-order valence-corrected chi connectivity index (χ2v) is 11.4. The number of nitrogens with one attached hydrogen (secondary N) is 1. The summed E-state index contributed by atoms with van der Waals surface area (Å²) in [5, 5.41) is 3.71. The molecule has 0 atom stereocenters. The van der Waals surface area contributed by atoms with Crippen molar-refractivity contribution < 1.29 is 22.7 Å². The van der Waals surface area contributed by atoms with Gasteiger partial charge >= 0.3 is 0 Å². The quantitative estimate of drug-likeness (QED) is 0.212. The molecule has 0 bridgehead atoms. The van der Waals surface area contributed by atoms with Gasteiger partial charge in [0.2, 0.25) is 10.0 Å². The van der Waals surface area contributed by atoms with Crippen LogP contribution in [0.1, 0.15) is 22.8 Å². The Labute approximate surface area is 237 Å². The van der Waals surface area contributed by atoms with E-state index in [1.54, 1.807) is 48.5 Å². The summed E-state index contributed by atoms with van der Waals surface area (Å²) in [6, 6.07) is 24.9. The van der Waals surface area contributed by atoms with Crippen LogP contribution in [0.2, 0.25) is 10.0 Å². The molecule has 0 saturated heterocycles. The predicted molar refractivity (Wildman–Crippen MR) is 154 cm³/mol. The van der Waals surface area contributed by atoms with Crippen molar-refractivity contribution in [3.63, 3.8) is 0 Å². The van der Waals surface area contributed by atoms with Crippen molar-refractivity contribution in [1.29, 1.82) is 0 Å². The fourth-order valence-electron chi connectivity index (χ4n) is 3.75. The second-order valence-electron chi connectivity index (χ2n) is 8.48. The summed E-state index contributed by atoms with van der Waals surface area (Å²) < 4.78 is 39.1. The molecular formula is C29H26Cl2N2O5S. The van der Waals surface area contributed by atoms with E-state index in [9.17, 15) is 13.2 Å². The molecule has 0 aliphatic heterocycles. The highest BCUT2D eigenvalue weighted by Gasteiger charge is 2.23. The minimum atomic E-state index is -3.82. The van der Waals surface area contributed by atoms with E-state index in [1.165, 1.54) is 35.6 Å². The zero-order valence-electron chi connectivity index (χ0n) is 21.2. The van der Waals surface area contributed by atoms with E-state index in [0.717, 1.165) is 0 Å². The highest BCUT2D eigenvalue weighted by atomic mass is 35.5. The Kier molecular flexibility index (Phi) is 9.14. The van der Waals surface area contributed by atoms with Gasteiger partial charge in [0.15, 0.2) is 5.75 Å². The van der Waals surface area contributed by atoms with Crippen LogP contribution in [0.3, 0.4) is 0 Å². The largest absolute Gasteiger partial charge is 0.494 e. The lowest BCUT2D eigenvalue weighted by molar-refractivity contribution is 0.102. The molecule has 0 saturated carbocycles. The number of rotatable bonds is 10. The summed E-state index contributed by atoms with van der Waals surface area (Å²) >= 11 is 12.1. The standard InChI is InChI=1S/C29H26Cl2N2O5S/c1-3-37-27-15-9-20(17-21(27)19-33(2)39(35,36)25-13-10-22(30)11-14-25)29(34)32-26-18-23(31)12-16-28(26)38-24-7-5-4-6-8-24/h4-18H,3,19H2,1-2H3,(H,32,34). The lowest BCUT2D eigenvalue weighted by Crippen LogP contribution is -2.27. The molecule has 1 N–H and O–H groups in total. The van der Waals surface area contributed by atoms with E-state index >= 15 is 0 Å². The Bertz CT molecular complexity index is 1560. The van der Waals surface area contributed by atoms with Crippen LogP contribution in [0.4, 0.5) is 5.69 Å². The molecule has 10 heteroatoms. The third-order valence-corrected chi connectivity index (χ3v) is 8.00. The SMILES string of the molecule is CCOc1ccc(C(=O)Nc2cc(Cl)ccc2Oc2ccccc2)cc1CN(C)S(=O)(=O)c1ccc(Cl)cc1. The summed E-state index contributed by atoms with van der Waals surface area (Å²) in [5.41, 5.74) is 1.21. The fraction of sp³-hybridized carbons (Fsp3) is 0.138. The van der Waals surface area contributed by atoms with Crippen LogP contribution in [-0.4, -0.2) is 32.3 Å². The van der Waals surface area contributed by atoms with Crippen molar-refractivity contribution in [3.05, 3.63) is 112 Å². The van der Waals surface area contributed by atoms with Crippen molar-refractivity contribution in [2.45, 2.75) is 18.4 Å². The van der Waals surface area contributed by atoms with Crippen LogP contribution in [0.25, 0.3) is 0 Å². The van der Waals surface area contributed by atoms with E-state index in [2.05, 4.69) is 5.32 Å². The lowest BCUT2D eigenvalue weighted by Gasteiger charge is -2.20. The van der Waals surface area contributed by atoms with Crippen molar-refractivity contribution in [1.82, 2.24) is 4.31 Å². The van der Waals surface area contributed by atoms with E-state index in [0.29, 0.717) is 50.7 Å². The maximum absolute atomic E-state index is 13.3. The number of benzene rings is 4. The summed E-state index contributed by atoms with van der Waals surface area (Å²) in [6.45, 7) is 2.17. The van der Waals surface area contributed by atoms with Crippen LogP contribution >= 0.6 is 23.2 Å². The van der Waals surface area contributed by atoms with Gasteiger partial charge in [0.25, 0.3) is 5.91 Å². The maximum atomic E-state index is 13.3. The van der Waals surface area contributed by atoms with Crippen LogP contribution in [0.15, 0.2) is 95.9 Å². The molecule has 0 spiro atoms. The fourth-order valence-corrected chi connectivity index (χ4v) is 5.20. The minimum Gasteiger partial charge on any atom is -0.494 e. The maximum Gasteiger partial charge on any atom is 0.255 e. The monoisotopic (exact) mass is 584 g/mol. The number of sulfonamides is 1. The van der Waals surface area contributed by atoms with E-state index < -0.39 is 15.9 Å². The summed E-state index contributed by atoms with van der Waals surface area (Å²) in [5.74, 6) is 1.06. The number of hydrogen-bond acceptors (Lipinski definition) is 5. The van der Waals surface area contributed by atoms with Gasteiger partial charge in [0.05, 0.1) is 17.2 Å². The van der Waals surface area contributed by atoms with Crippen molar-refractivity contribution in [2.75, 3.05) is 19.0 Å². The first-order valence-corrected chi connectivity index (χ1v) is 14.2. The minimum absolute atomic E-state index is 0.0268. The Hall–Kier alpha value is -3.56. The third-order valence-electron chi connectivity index (χ3n) is 5.70. The van der Waals surface area contributed by atoms with E-state index in [1.807, 2.05) is 25.1 Å². The lowest BCUT2D eigenvalue weighted by atomic mass is 10.1. The summed E-state index contributed by atoms with van der Waals surface area (Å²) in [7, 11) is -2.36. The third kappa shape index (κ3) is 7.10. The van der Waals surface area contributed by atoms with Gasteiger partial charge in [-0.2, -0.15) is 4.31 Å². The first kappa shape index (κ1) is 28.4. The summed E-state index contributed by atoms with van der Waals surface area (Å²) in [4.78, 5) is 13.4. The average molecular weight is 586 g/mol. The molecule has 1 amide bonds. The molecule has 0 aliphatic carbocycles. The zero-order chi connectivity index (χ0) is 28.0. The number of para-hydroxylation sites is 1. The number of ether oxygens (including phenoxy) is 2. The van der Waals surface area contributed by atoms with Gasteiger partial charge in [0.1, 0.15) is 11.5 Å². The molecule has 0 radical (unpaired) electrons. The Morgan fingerprint density at radius 1 is 0.872 bits per heavy atom. The average Bonchev–Trinajstić information content (AvgIpc) is 2.92. The Morgan fingerprint density at radius 3 is 2.23 bits per heavy atom. The Morgan fingerprint density at radius 2 is 1.54 bits per heavy atom. The van der Waals surface area contributed by atoms with E-state index in [4.69, 9.17) is 32.7 Å². The zero-order valence-corrected chi connectivity index (χ0v) is 23.6. The van der Waals surface area contributed by atoms with Crippen molar-refractivity contribution in [2.24, 2.45) is 0 Å². The van der Waals surface area contributed by atoms with Gasteiger partial charge in [-0.3, -0.25) is 4.79 Å². The van der Waals surface area contributed by atoms with Crippen molar-refractivity contribution in [3.8, 4) is 17.2 Å². The normalized spacial score (nSPS) is 11.3. The first-order chi connectivity index (χ1) is 18.7. The molecule has 0 unspecified atom stereocenters. The van der Waals surface area contributed by atoms with Crippen LogP contribution in [0.5, 0.6) is 17.2 Å². The van der Waals surface area contributed by atoms with Crippen molar-refractivity contribution >= 4 is 44.8 Å². The molecule has 7 nitrogen and oxygen atoms in total. The number of carbonyl (C=O) groups excluding carboxylic acids is 1. The number of halogens is 2. The molecule has 0 heterocycles. The molecule has 4 aromatic carbocycles. The van der Waals surface area contributed by atoms with Gasteiger partial charge in [-0.25, -0.2) is 8.42 Å². The molecule has 39 heavy (non-hydrogen) atoms. The molecule has 0 fully saturated rings. The van der Waals surface area contributed by atoms with Gasteiger partial charge in [-0.1, -0.05) is 41.4 Å². The van der Waals surface area contributed by atoms with Crippen LogP contribution in [-0.2, 0) is 16.6 Å². The van der Waals surface area contributed by atoms with Gasteiger partial charge in [-0.15, -0.1) is 0 Å². The van der Waals surface area contributed by atoms with Gasteiger partial charge in [-0.05, 0) is 79.7 Å². The van der Waals surface area contributed by atoms with Crippen LogP contribution in [0, 0.1) is 0 Å². The topological polar surface area (TPSA) is 84.9 Å². The number of hydrogen-bond donors (Lipinski definition) is 1. The number of amides is 1. The van der Waals surface area contributed by atoms with Gasteiger partial charge in [0, 0.05) is 34.8 Å². The van der Waals surface area contributed by atoms with E-state index in [-0.39, 0.29) is 11.4 Å². The number of nitrogens with zero attached hydrogens (tertiary/aromatic N) is 1. The molecule has 0 aliphatic rings. The van der Waals surface area contributed by atoms with Gasteiger partial charge < -0.3 is 14.8 Å². The highest BCUT2D eigenvalue weighted by Crippen LogP contribution is 2.33. The molecule has 0 aromatic heterocycles. The molecule has 4 aromatic rings. The predicted octanol–water partition coefficient (Wildman–Crippen LogP) is 7.26. The highest BCUT2D eigenvalue weighted by molar-refractivity contribution is 7.89. The van der Waals surface area contributed by atoms with Crippen LogP contribution < -0.4 is 14.8 Å².